The Labute approximate surface area is 133 Å². The molecule has 0 aliphatic heterocycles. The van der Waals surface area contributed by atoms with E-state index in [1.165, 1.54) is 37.2 Å². The van der Waals surface area contributed by atoms with Gasteiger partial charge in [0.25, 0.3) is 6.33 Å². The van der Waals surface area contributed by atoms with Gasteiger partial charge in [0.05, 0.1) is 7.05 Å². The van der Waals surface area contributed by atoms with E-state index >= 15 is 0 Å². The number of hydrogen-bond acceptors (Lipinski definition) is 2. The number of aryl methyl sites for hydroxylation is 3. The largest absolute Gasteiger partial charge is 0.287 e. The van der Waals surface area contributed by atoms with Crippen LogP contribution in [0.5, 0.6) is 0 Å². The average molecular weight is 305 g/mol. The van der Waals surface area contributed by atoms with Crippen LogP contribution < -0.4 is 4.57 Å². The lowest BCUT2D eigenvalue weighted by Crippen LogP contribution is -2.31. The molecule has 0 unspecified atom stereocenters. The van der Waals surface area contributed by atoms with Crippen LogP contribution >= 0.6 is 11.3 Å². The maximum atomic E-state index is 4.70. The van der Waals surface area contributed by atoms with Crippen molar-refractivity contribution < 1.29 is 4.57 Å². The Morgan fingerprint density at radius 3 is 2.68 bits per heavy atom. The van der Waals surface area contributed by atoms with E-state index in [0.717, 1.165) is 5.52 Å². The van der Waals surface area contributed by atoms with Crippen molar-refractivity contribution in [1.29, 1.82) is 0 Å². The quantitative estimate of drug-likeness (QED) is 0.471. The zero-order valence-electron chi connectivity index (χ0n) is 12.9. The normalized spacial score (nSPS) is 11.4. The number of aromatic nitrogens is 2. The summed E-state index contributed by atoms with van der Waals surface area (Å²) < 4.78 is 4.70. The molecule has 0 aliphatic rings. The third-order valence-corrected chi connectivity index (χ3v) is 5.31. The number of thiophene rings is 1. The van der Waals surface area contributed by atoms with Gasteiger partial charge in [-0.2, -0.15) is 0 Å². The van der Waals surface area contributed by atoms with Crippen LogP contribution in [-0.2, 0) is 7.05 Å². The maximum absolute atomic E-state index is 4.70. The number of nitrogens with zero attached hydrogens (tertiary/aromatic N) is 2. The van der Waals surface area contributed by atoms with E-state index in [1.807, 2.05) is 17.7 Å². The minimum Gasteiger partial charge on any atom is -0.231 e. The van der Waals surface area contributed by atoms with Crippen molar-refractivity contribution in [1.82, 2.24) is 4.98 Å². The number of fused-ring (bicyclic) bond motifs is 3. The average Bonchev–Trinajstić information content (AvgIpc) is 2.86. The predicted molar refractivity (Wildman–Crippen MR) is 93.2 cm³/mol. The van der Waals surface area contributed by atoms with E-state index in [-0.39, 0.29) is 0 Å². The molecule has 2 heterocycles. The van der Waals surface area contributed by atoms with Crippen molar-refractivity contribution in [3.05, 3.63) is 59.9 Å². The number of rotatable bonds is 1. The van der Waals surface area contributed by atoms with Crippen molar-refractivity contribution in [2.24, 2.45) is 7.05 Å². The summed E-state index contributed by atoms with van der Waals surface area (Å²) in [6, 6.07) is 15.2. The minimum atomic E-state index is 1.11. The first-order valence-electron chi connectivity index (χ1n) is 7.38. The highest BCUT2D eigenvalue weighted by atomic mass is 32.1. The van der Waals surface area contributed by atoms with E-state index < -0.39 is 0 Å². The summed E-state index contributed by atoms with van der Waals surface area (Å²) in [6.07, 6.45) is 1.93. The van der Waals surface area contributed by atoms with Crippen LogP contribution in [-0.4, -0.2) is 4.98 Å². The molecule has 0 spiro atoms. The second-order valence-corrected chi connectivity index (χ2v) is 6.85. The van der Waals surface area contributed by atoms with Gasteiger partial charge in [0.15, 0.2) is 5.69 Å². The van der Waals surface area contributed by atoms with Gasteiger partial charge in [-0.05, 0) is 36.5 Å². The standard InChI is InChI=1S/C19H17N2S/c1-12-8-9-16-15(10-12)17-19(22-16)18(21(3)11-20-17)14-7-5-4-6-13(14)2/h4-11H,1-3H3/q+1. The zero-order valence-corrected chi connectivity index (χ0v) is 13.7. The van der Waals surface area contributed by atoms with Crippen molar-refractivity contribution in [3.8, 4) is 11.3 Å². The first-order chi connectivity index (χ1) is 10.6. The Bertz CT molecular complexity index is 1010. The van der Waals surface area contributed by atoms with E-state index in [2.05, 4.69) is 67.9 Å². The van der Waals surface area contributed by atoms with Crippen molar-refractivity contribution >= 4 is 31.6 Å². The number of benzene rings is 2. The van der Waals surface area contributed by atoms with E-state index in [4.69, 9.17) is 4.98 Å². The molecular weight excluding hydrogens is 288 g/mol. The highest BCUT2D eigenvalue weighted by molar-refractivity contribution is 7.26. The van der Waals surface area contributed by atoms with Crippen LogP contribution in [0.15, 0.2) is 48.8 Å². The maximum Gasteiger partial charge on any atom is 0.287 e. The van der Waals surface area contributed by atoms with Gasteiger partial charge >= 0.3 is 0 Å². The monoisotopic (exact) mass is 305 g/mol. The first kappa shape index (κ1) is 13.4. The van der Waals surface area contributed by atoms with Gasteiger partial charge in [-0.25, -0.2) is 4.57 Å². The molecule has 108 valence electrons. The molecule has 4 rings (SSSR count). The molecule has 0 saturated heterocycles. The third-order valence-electron chi connectivity index (χ3n) is 4.15. The molecule has 0 bridgehead atoms. The van der Waals surface area contributed by atoms with Gasteiger partial charge in [0, 0.05) is 15.6 Å². The van der Waals surface area contributed by atoms with Crippen LogP contribution in [0.4, 0.5) is 0 Å². The summed E-state index contributed by atoms with van der Waals surface area (Å²) in [7, 11) is 2.07. The Morgan fingerprint density at radius 1 is 1.05 bits per heavy atom. The fraction of sp³-hybridized carbons (Fsp3) is 0.158. The Morgan fingerprint density at radius 2 is 1.86 bits per heavy atom. The molecule has 2 aromatic heterocycles. The lowest BCUT2D eigenvalue weighted by Gasteiger charge is -2.06. The molecule has 2 nitrogen and oxygen atoms in total. The number of hydrogen-bond donors (Lipinski definition) is 0. The molecule has 0 fully saturated rings. The van der Waals surface area contributed by atoms with Gasteiger partial charge in [-0.1, -0.05) is 35.9 Å². The Hall–Kier alpha value is -2.26. The van der Waals surface area contributed by atoms with E-state index in [1.54, 1.807) is 0 Å². The van der Waals surface area contributed by atoms with E-state index in [0.29, 0.717) is 0 Å². The summed E-state index contributed by atoms with van der Waals surface area (Å²) in [6.45, 7) is 4.30. The predicted octanol–water partition coefficient (Wildman–Crippen LogP) is 4.56. The van der Waals surface area contributed by atoms with Gasteiger partial charge in [0.2, 0.25) is 5.52 Å². The SMILES string of the molecule is Cc1ccc2sc3c(-c4ccccc4C)[n+](C)cnc3c2c1. The summed E-state index contributed by atoms with van der Waals surface area (Å²) in [5.41, 5.74) is 6.21. The fourth-order valence-corrected chi connectivity index (χ4v) is 4.23. The van der Waals surface area contributed by atoms with E-state index in [9.17, 15) is 0 Å². The van der Waals surface area contributed by atoms with Crippen molar-refractivity contribution in [3.63, 3.8) is 0 Å². The lowest BCUT2D eigenvalue weighted by molar-refractivity contribution is -0.662. The molecule has 0 N–H and O–H groups in total. The van der Waals surface area contributed by atoms with Crippen LogP contribution in [0.1, 0.15) is 11.1 Å². The van der Waals surface area contributed by atoms with Gasteiger partial charge in [-0.3, -0.25) is 0 Å². The second-order valence-electron chi connectivity index (χ2n) is 5.80. The van der Waals surface area contributed by atoms with Gasteiger partial charge in [0.1, 0.15) is 4.70 Å². The molecule has 0 saturated carbocycles. The molecular formula is C19H17N2S+. The van der Waals surface area contributed by atoms with Crippen LogP contribution in [0, 0.1) is 13.8 Å². The molecule has 3 heteroatoms. The molecule has 0 radical (unpaired) electrons. The fourth-order valence-electron chi connectivity index (χ4n) is 3.00. The van der Waals surface area contributed by atoms with Crippen LogP contribution in [0.3, 0.4) is 0 Å². The highest BCUT2D eigenvalue weighted by Gasteiger charge is 2.20. The molecule has 0 amide bonds. The molecule has 0 aliphatic carbocycles. The lowest BCUT2D eigenvalue weighted by atomic mass is 10.0. The molecule has 2 aromatic carbocycles. The second kappa shape index (κ2) is 4.89. The zero-order chi connectivity index (χ0) is 15.3. The first-order valence-corrected chi connectivity index (χ1v) is 8.20. The summed E-state index contributed by atoms with van der Waals surface area (Å²) >= 11 is 1.83. The highest BCUT2D eigenvalue weighted by Crippen LogP contribution is 2.37. The van der Waals surface area contributed by atoms with Gasteiger partial charge < -0.3 is 0 Å². The van der Waals surface area contributed by atoms with Crippen molar-refractivity contribution in [2.75, 3.05) is 0 Å². The third kappa shape index (κ3) is 1.93. The smallest absolute Gasteiger partial charge is 0.231 e. The summed E-state index contributed by atoms with van der Waals surface area (Å²) in [5.74, 6) is 0. The minimum absolute atomic E-state index is 1.11. The molecule has 4 aromatic rings. The van der Waals surface area contributed by atoms with Gasteiger partial charge in [-0.15, -0.1) is 11.3 Å². The topological polar surface area (TPSA) is 16.8 Å². The summed E-state index contributed by atoms with van der Waals surface area (Å²) in [5, 5.41) is 1.26. The van der Waals surface area contributed by atoms with Crippen LogP contribution in [0.2, 0.25) is 0 Å². The van der Waals surface area contributed by atoms with Crippen molar-refractivity contribution in [2.45, 2.75) is 13.8 Å². The Kier molecular flexibility index (Phi) is 2.98. The molecule has 22 heavy (non-hydrogen) atoms. The Balaban J connectivity index is 2.16. The van der Waals surface area contributed by atoms with Crippen LogP contribution in [0.25, 0.3) is 31.6 Å². The molecule has 0 atom stereocenters. The summed E-state index contributed by atoms with van der Waals surface area (Å²) in [4.78, 5) is 4.70.